The molecule has 5 nitrogen and oxygen atoms in total. The van der Waals surface area contributed by atoms with Crippen LogP contribution in [0, 0.1) is 5.82 Å². The predicted molar refractivity (Wildman–Crippen MR) is 84.9 cm³/mol. The van der Waals surface area contributed by atoms with Crippen molar-refractivity contribution in [2.45, 2.75) is 11.1 Å². The first-order valence-electron chi connectivity index (χ1n) is 7.17. The Kier molecular flexibility index (Phi) is 4.31. The summed E-state index contributed by atoms with van der Waals surface area (Å²) in [6.07, 6.45) is -3.96. The van der Waals surface area contributed by atoms with Crippen LogP contribution in [0.25, 0.3) is 17.1 Å². The van der Waals surface area contributed by atoms with Crippen LogP contribution in [0.15, 0.2) is 53.4 Å². The molecule has 0 unspecified atom stereocenters. The zero-order valence-corrected chi connectivity index (χ0v) is 14.0. The van der Waals surface area contributed by atoms with Gasteiger partial charge in [-0.25, -0.2) is 22.5 Å². The average molecular weight is 385 g/mol. The van der Waals surface area contributed by atoms with Crippen molar-refractivity contribution in [3.63, 3.8) is 0 Å². The van der Waals surface area contributed by atoms with Gasteiger partial charge in [0.1, 0.15) is 10.7 Å². The monoisotopic (exact) mass is 385 g/mol. The number of sulfone groups is 1. The normalized spacial score (nSPS) is 12.3. The average Bonchev–Trinajstić information content (AvgIpc) is 3.00. The van der Waals surface area contributed by atoms with E-state index in [-0.39, 0.29) is 11.5 Å². The summed E-state index contributed by atoms with van der Waals surface area (Å²) in [5.74, 6) is -2.62. The fraction of sp³-hybridized carbons (Fsp3) is 0.125. The van der Waals surface area contributed by atoms with Crippen LogP contribution in [0.3, 0.4) is 0 Å². The second-order valence-electron chi connectivity index (χ2n) is 5.42. The Labute approximate surface area is 145 Å². The number of aromatic nitrogens is 3. The van der Waals surface area contributed by atoms with E-state index in [4.69, 9.17) is 0 Å². The molecule has 0 spiro atoms. The molecule has 1 aromatic heterocycles. The van der Waals surface area contributed by atoms with Crippen molar-refractivity contribution in [2.75, 3.05) is 6.26 Å². The highest BCUT2D eigenvalue weighted by atomic mass is 32.2. The highest BCUT2D eigenvalue weighted by Crippen LogP contribution is 2.30. The van der Waals surface area contributed by atoms with Crippen LogP contribution in [-0.2, 0) is 16.0 Å². The van der Waals surface area contributed by atoms with Gasteiger partial charge in [0, 0.05) is 17.9 Å². The first-order chi connectivity index (χ1) is 12.1. The molecule has 0 saturated heterocycles. The van der Waals surface area contributed by atoms with Crippen molar-refractivity contribution in [1.82, 2.24) is 14.8 Å². The maximum absolute atomic E-state index is 14.1. The molecule has 2 aromatic carbocycles. The van der Waals surface area contributed by atoms with E-state index in [1.807, 2.05) is 0 Å². The van der Waals surface area contributed by atoms with E-state index < -0.39 is 32.6 Å². The zero-order valence-electron chi connectivity index (χ0n) is 13.2. The minimum absolute atomic E-state index is 0.0863. The molecule has 3 aromatic rings. The molecule has 0 aliphatic rings. The van der Waals surface area contributed by atoms with Gasteiger partial charge in [-0.05, 0) is 12.1 Å². The molecule has 1 heterocycles. The molecule has 0 bridgehead atoms. The largest absolute Gasteiger partial charge is 0.453 e. The SMILES string of the molecule is CS(=O)(=O)c1ccc(-n2nc(C(F)(F)F)nc2-c2ccccc2)cc1F. The molecule has 136 valence electrons. The molecular formula is C16H11F4N3O2S. The van der Waals surface area contributed by atoms with E-state index in [0.717, 1.165) is 23.1 Å². The van der Waals surface area contributed by atoms with E-state index in [0.29, 0.717) is 5.56 Å². The van der Waals surface area contributed by atoms with Gasteiger partial charge in [0.05, 0.1) is 5.69 Å². The molecule has 3 rings (SSSR count). The van der Waals surface area contributed by atoms with Gasteiger partial charge in [0.2, 0.25) is 0 Å². The lowest BCUT2D eigenvalue weighted by atomic mass is 10.2. The Morgan fingerprint density at radius 1 is 1.04 bits per heavy atom. The highest BCUT2D eigenvalue weighted by molar-refractivity contribution is 7.90. The summed E-state index contributed by atoms with van der Waals surface area (Å²) in [7, 11) is -3.81. The lowest BCUT2D eigenvalue weighted by Gasteiger charge is -2.08. The van der Waals surface area contributed by atoms with Crippen LogP contribution in [0.5, 0.6) is 0 Å². The third-order valence-corrected chi connectivity index (χ3v) is 4.58. The Balaban J connectivity index is 2.21. The summed E-state index contributed by atoms with van der Waals surface area (Å²) in [4.78, 5) is 2.96. The second kappa shape index (κ2) is 6.20. The minimum Gasteiger partial charge on any atom is -0.224 e. The molecule has 0 fully saturated rings. The lowest BCUT2D eigenvalue weighted by Crippen LogP contribution is -2.09. The minimum atomic E-state index is -4.79. The van der Waals surface area contributed by atoms with Crippen molar-refractivity contribution in [3.8, 4) is 17.1 Å². The predicted octanol–water partition coefficient (Wildman–Crippen LogP) is 3.50. The van der Waals surface area contributed by atoms with Gasteiger partial charge in [-0.1, -0.05) is 30.3 Å². The van der Waals surface area contributed by atoms with Crippen molar-refractivity contribution < 1.29 is 26.0 Å². The van der Waals surface area contributed by atoms with Gasteiger partial charge >= 0.3 is 6.18 Å². The van der Waals surface area contributed by atoms with Gasteiger partial charge in [-0.2, -0.15) is 13.2 Å². The molecule has 0 amide bonds. The quantitative estimate of drug-likeness (QED) is 0.648. The van der Waals surface area contributed by atoms with Crippen LogP contribution in [0.1, 0.15) is 5.82 Å². The van der Waals surface area contributed by atoms with Crippen LogP contribution >= 0.6 is 0 Å². The topological polar surface area (TPSA) is 64.8 Å². The molecule has 0 atom stereocenters. The lowest BCUT2D eigenvalue weighted by molar-refractivity contribution is -0.144. The summed E-state index contributed by atoms with van der Waals surface area (Å²) in [5, 5.41) is 3.43. The van der Waals surface area contributed by atoms with Gasteiger partial charge in [-0.3, -0.25) is 0 Å². The fourth-order valence-corrected chi connectivity index (χ4v) is 3.04. The molecule has 0 radical (unpaired) electrons. The smallest absolute Gasteiger partial charge is 0.224 e. The van der Waals surface area contributed by atoms with Gasteiger partial charge < -0.3 is 0 Å². The highest BCUT2D eigenvalue weighted by Gasteiger charge is 2.37. The summed E-state index contributed by atoms with van der Waals surface area (Å²) >= 11 is 0. The molecule has 0 N–H and O–H groups in total. The molecule has 0 aliphatic carbocycles. The Morgan fingerprint density at radius 3 is 2.23 bits per heavy atom. The van der Waals surface area contributed by atoms with Gasteiger partial charge in [0.15, 0.2) is 15.7 Å². The van der Waals surface area contributed by atoms with Crippen molar-refractivity contribution in [1.29, 1.82) is 0 Å². The summed E-state index contributed by atoms with van der Waals surface area (Å²) in [6.45, 7) is 0. The van der Waals surface area contributed by atoms with Crippen LogP contribution in [-0.4, -0.2) is 29.4 Å². The van der Waals surface area contributed by atoms with Gasteiger partial charge in [0.25, 0.3) is 5.82 Å². The Bertz CT molecular complexity index is 1060. The first-order valence-corrected chi connectivity index (χ1v) is 9.06. The number of benzene rings is 2. The maximum Gasteiger partial charge on any atom is 0.453 e. The summed E-state index contributed by atoms with van der Waals surface area (Å²) in [5.41, 5.74) is 0.250. The second-order valence-corrected chi connectivity index (χ2v) is 7.41. The van der Waals surface area contributed by atoms with Crippen molar-refractivity contribution >= 4 is 9.84 Å². The van der Waals surface area contributed by atoms with Crippen molar-refractivity contribution in [3.05, 3.63) is 60.2 Å². The number of halogens is 4. The van der Waals surface area contributed by atoms with E-state index in [1.165, 1.54) is 18.2 Å². The molecule has 26 heavy (non-hydrogen) atoms. The van der Waals surface area contributed by atoms with Crippen LogP contribution in [0.2, 0.25) is 0 Å². The maximum atomic E-state index is 14.1. The fourth-order valence-electron chi connectivity index (χ4n) is 2.31. The van der Waals surface area contributed by atoms with E-state index in [1.54, 1.807) is 18.2 Å². The molecule has 10 heteroatoms. The third-order valence-electron chi connectivity index (χ3n) is 3.45. The van der Waals surface area contributed by atoms with E-state index >= 15 is 0 Å². The summed E-state index contributed by atoms with van der Waals surface area (Å²) in [6, 6.07) is 10.9. The van der Waals surface area contributed by atoms with Crippen LogP contribution in [0.4, 0.5) is 17.6 Å². The number of alkyl halides is 3. The molecular weight excluding hydrogens is 374 g/mol. The number of hydrogen-bond donors (Lipinski definition) is 0. The third kappa shape index (κ3) is 3.45. The van der Waals surface area contributed by atoms with E-state index in [2.05, 4.69) is 10.1 Å². The first kappa shape index (κ1) is 18.1. The Morgan fingerprint density at radius 2 is 1.69 bits per heavy atom. The standard InChI is InChI=1S/C16H11F4N3O2S/c1-26(24,25)13-8-7-11(9-12(13)17)23-14(10-5-3-2-4-6-10)21-15(22-23)16(18,19)20/h2-9H,1H3. The number of rotatable bonds is 3. The number of hydrogen-bond acceptors (Lipinski definition) is 4. The molecule has 0 saturated carbocycles. The van der Waals surface area contributed by atoms with Crippen LogP contribution < -0.4 is 0 Å². The molecule has 0 aliphatic heterocycles. The van der Waals surface area contributed by atoms with Gasteiger partial charge in [-0.15, -0.1) is 5.10 Å². The zero-order chi connectivity index (χ0) is 19.1. The number of nitrogens with zero attached hydrogens (tertiary/aromatic N) is 3. The van der Waals surface area contributed by atoms with Crippen molar-refractivity contribution in [2.24, 2.45) is 0 Å². The Hall–Kier alpha value is -2.75. The van der Waals surface area contributed by atoms with E-state index in [9.17, 15) is 26.0 Å². The summed E-state index contributed by atoms with van der Waals surface area (Å²) < 4.78 is 77.0.